The van der Waals surface area contributed by atoms with E-state index in [0.29, 0.717) is 0 Å². The highest BCUT2D eigenvalue weighted by atomic mass is 16.3. The fraction of sp³-hybridized carbons (Fsp3) is 0.800. The summed E-state index contributed by atoms with van der Waals surface area (Å²) in [5.41, 5.74) is 5.14. The number of aliphatic hydroxyl groups is 1. The van der Waals surface area contributed by atoms with E-state index < -0.39 is 161 Å². The summed E-state index contributed by atoms with van der Waals surface area (Å²) < 4.78 is 0. The quantitative estimate of drug-likeness (QED) is 0.114. The van der Waals surface area contributed by atoms with Crippen molar-refractivity contribution in [2.45, 2.75) is 242 Å². The molecule has 1 aliphatic rings. The zero-order valence-electron chi connectivity index (χ0n) is 58.8. The molecule has 13 atom stereocenters. The molecular weight excluding hydrogens is 1140 g/mol. The molecule has 1 heterocycles. The van der Waals surface area contributed by atoms with Crippen LogP contribution in [0.3, 0.4) is 0 Å². The van der Waals surface area contributed by atoms with E-state index >= 15 is 19.2 Å². The first-order valence-electron chi connectivity index (χ1n) is 32.2. The molecule has 11 amide bonds. The Kier molecular flexibility index (Phi) is 32.7. The van der Waals surface area contributed by atoms with Crippen molar-refractivity contribution in [3.05, 3.63) is 12.2 Å². The van der Waals surface area contributed by atoms with Gasteiger partial charge in [-0.15, -0.1) is 0 Å². The summed E-state index contributed by atoms with van der Waals surface area (Å²) in [7, 11) is 9.88. The van der Waals surface area contributed by atoms with Crippen LogP contribution < -0.4 is 27.0 Å². The number of amides is 11. The predicted octanol–water partition coefficient (Wildman–Crippen LogP) is 3.38. The summed E-state index contributed by atoms with van der Waals surface area (Å²) in [6.45, 7) is 31.0. The van der Waals surface area contributed by atoms with Gasteiger partial charge in [-0.05, 0) is 107 Å². The van der Waals surface area contributed by atoms with Crippen LogP contribution in [0.4, 0.5) is 0 Å². The molecule has 1 saturated heterocycles. The zero-order chi connectivity index (χ0) is 69.2. The number of nitrogens with two attached hydrogens (primary N) is 1. The largest absolute Gasteiger partial charge is 0.390 e. The number of hydrogen-bond donors (Lipinski definition) is 6. The van der Waals surface area contributed by atoms with Crippen LogP contribution in [0.25, 0.3) is 0 Å². The number of likely N-dealkylation sites (N-methyl/N-ethyl adjacent to an activating group) is 7. The molecule has 510 valence electrons. The fourth-order valence-corrected chi connectivity index (χ4v) is 11.8. The van der Waals surface area contributed by atoms with E-state index in [1.54, 1.807) is 67.5 Å². The summed E-state index contributed by atoms with van der Waals surface area (Å²) in [5, 5.41) is 23.4. The molecular formula is C65H118N12O12. The van der Waals surface area contributed by atoms with Crippen molar-refractivity contribution in [2.75, 3.05) is 55.9 Å². The summed E-state index contributed by atoms with van der Waals surface area (Å²) in [6, 6.07) is -12.5. The number of hydrogen-bond acceptors (Lipinski definition) is 13. The van der Waals surface area contributed by atoms with Crippen molar-refractivity contribution in [2.24, 2.45) is 47.2 Å². The van der Waals surface area contributed by atoms with Gasteiger partial charge in [-0.2, -0.15) is 0 Å². The molecule has 89 heavy (non-hydrogen) atoms. The molecule has 24 nitrogen and oxygen atoms in total. The maximum absolute atomic E-state index is 16.0. The minimum atomic E-state index is -1.95. The first kappa shape index (κ1) is 80.8. The standard InChI is InChI=1S/C65H118N12O12/c1-26-29-30-42(16)54(79)53-58(83)69-45(27-2)60(85)71(19)35-51(78)72(20)46(31-36(4)5)57(82)70-52(40(12)13)63(88)73(21)47(32-37(6)7)56(81)67-43(17)55(80)68-44(18)59(84)74(22)48(33-38(8)9)61(86)75(23)49(34-39(10)11)62(87)77(25)65(41(14)15,50(66)28-3)64(89)76(53)24/h26,29,36-50,52-54,79H,27-28,30-35,66H2,1-25H3,(H,67,81)(H,68,80)(H,69,83)(H,70,82)/b29-26+/t42-,43+,44-,45+,46+,47+,48+,49+,50?,52+,53+,54-,65+/m1/s1. The van der Waals surface area contributed by atoms with E-state index in [4.69, 9.17) is 5.73 Å². The van der Waals surface area contributed by atoms with Gasteiger partial charge < -0.3 is 66.4 Å². The summed E-state index contributed by atoms with van der Waals surface area (Å²) in [5.74, 6) is -10.3. The van der Waals surface area contributed by atoms with Crippen molar-refractivity contribution in [1.82, 2.24) is 55.6 Å². The summed E-state index contributed by atoms with van der Waals surface area (Å²) >= 11 is 0. The van der Waals surface area contributed by atoms with E-state index in [-0.39, 0.29) is 68.6 Å². The lowest BCUT2D eigenvalue weighted by molar-refractivity contribution is -0.167. The van der Waals surface area contributed by atoms with E-state index in [1.165, 1.54) is 87.7 Å². The van der Waals surface area contributed by atoms with Crippen LogP contribution in [-0.2, 0) is 52.7 Å². The lowest BCUT2D eigenvalue weighted by atomic mass is 9.75. The molecule has 0 aromatic rings. The zero-order valence-corrected chi connectivity index (χ0v) is 58.8. The maximum atomic E-state index is 16.0. The predicted molar refractivity (Wildman–Crippen MR) is 346 cm³/mol. The Morgan fingerprint density at radius 3 is 1.43 bits per heavy atom. The van der Waals surface area contributed by atoms with Gasteiger partial charge in [-0.1, -0.05) is 116 Å². The van der Waals surface area contributed by atoms with Crippen LogP contribution in [0.15, 0.2) is 12.2 Å². The molecule has 1 rings (SSSR count). The summed E-state index contributed by atoms with van der Waals surface area (Å²) in [4.78, 5) is 171. The third kappa shape index (κ3) is 20.9. The van der Waals surface area contributed by atoms with Crippen LogP contribution in [0.5, 0.6) is 0 Å². The SMILES string of the molecule is C/C=C/C[C@@H](C)[C@@H](O)[C@H]1C(=O)N[C@@H](CC)C(=O)N(C)CC(=O)N(C)[C@@H](CC(C)C)C(=O)N[C@@H](C(C)C)C(=O)N(C)[C@@H](CC(C)C)C(=O)N[C@@H](C)C(=O)N[C@H](C)C(=O)N(C)[C@@H](CC(C)C)C(=O)N(C)[C@@H](CC(C)C)C(=O)N(C)[C@@](C(C)C)(C(N)CC)C(=O)N1C. The Labute approximate surface area is 533 Å². The van der Waals surface area contributed by atoms with Gasteiger partial charge in [0.2, 0.25) is 59.1 Å². The Balaban J connectivity index is 4.52. The van der Waals surface area contributed by atoms with E-state index in [1.807, 2.05) is 55.4 Å². The van der Waals surface area contributed by atoms with Crippen LogP contribution in [-0.4, -0.2) is 232 Å². The topological polar surface area (TPSA) is 305 Å². The van der Waals surface area contributed by atoms with Crippen molar-refractivity contribution in [3.63, 3.8) is 0 Å². The van der Waals surface area contributed by atoms with Crippen molar-refractivity contribution < 1.29 is 57.8 Å². The first-order valence-corrected chi connectivity index (χ1v) is 32.2. The fourth-order valence-electron chi connectivity index (χ4n) is 11.8. The van der Waals surface area contributed by atoms with Crippen molar-refractivity contribution >= 4 is 65.0 Å². The van der Waals surface area contributed by atoms with Crippen LogP contribution in [0.2, 0.25) is 0 Å². The Bertz CT molecular complexity index is 2450. The smallest absolute Gasteiger partial charge is 0.250 e. The number of carbonyl (C=O) groups excluding carboxylic acids is 11. The van der Waals surface area contributed by atoms with Gasteiger partial charge >= 0.3 is 0 Å². The second kappa shape index (κ2) is 36.0. The van der Waals surface area contributed by atoms with Gasteiger partial charge in [-0.25, -0.2) is 0 Å². The van der Waals surface area contributed by atoms with Crippen molar-refractivity contribution in [1.29, 1.82) is 0 Å². The number of carbonyl (C=O) groups is 11. The molecule has 1 aliphatic heterocycles. The van der Waals surface area contributed by atoms with Gasteiger partial charge in [0.05, 0.1) is 12.6 Å². The molecule has 0 aliphatic carbocycles. The molecule has 0 bridgehead atoms. The van der Waals surface area contributed by atoms with Gasteiger partial charge in [0.25, 0.3) is 5.91 Å². The molecule has 0 aromatic carbocycles. The molecule has 0 aromatic heterocycles. The van der Waals surface area contributed by atoms with E-state index in [9.17, 15) is 38.7 Å². The average molecular weight is 1260 g/mol. The molecule has 0 radical (unpaired) electrons. The Morgan fingerprint density at radius 2 is 0.978 bits per heavy atom. The lowest BCUT2D eigenvalue weighted by Gasteiger charge is -2.51. The number of allylic oxidation sites excluding steroid dienone is 2. The number of aliphatic hydroxyl groups excluding tert-OH is 1. The first-order chi connectivity index (χ1) is 41.1. The minimum Gasteiger partial charge on any atom is -0.390 e. The monoisotopic (exact) mass is 1260 g/mol. The van der Waals surface area contributed by atoms with Crippen LogP contribution in [0, 0.1) is 41.4 Å². The normalized spacial score (nSPS) is 27.4. The number of nitrogens with zero attached hydrogens (tertiary/aromatic N) is 7. The highest BCUT2D eigenvalue weighted by Crippen LogP contribution is 2.35. The third-order valence-electron chi connectivity index (χ3n) is 17.5. The summed E-state index contributed by atoms with van der Waals surface area (Å²) in [6.07, 6.45) is 2.96. The maximum Gasteiger partial charge on any atom is 0.250 e. The number of nitrogens with one attached hydrogen (secondary N) is 4. The molecule has 1 unspecified atom stereocenters. The highest BCUT2D eigenvalue weighted by molar-refractivity contribution is 6.01. The molecule has 24 heteroatoms. The van der Waals surface area contributed by atoms with Gasteiger partial charge in [-0.3, -0.25) is 52.7 Å². The van der Waals surface area contributed by atoms with Gasteiger partial charge in [0.1, 0.15) is 59.9 Å². The van der Waals surface area contributed by atoms with Crippen LogP contribution >= 0.6 is 0 Å². The van der Waals surface area contributed by atoms with E-state index in [2.05, 4.69) is 21.3 Å². The van der Waals surface area contributed by atoms with Crippen LogP contribution in [0.1, 0.15) is 170 Å². The minimum absolute atomic E-state index is 0.00290. The third-order valence-corrected chi connectivity index (χ3v) is 17.5. The molecule has 1 fully saturated rings. The average Bonchev–Trinajstić information content (AvgIpc) is 0.760. The second-order valence-corrected chi connectivity index (χ2v) is 27.3. The molecule has 0 saturated carbocycles. The molecule has 7 N–H and O–H groups in total. The number of rotatable bonds is 17. The van der Waals surface area contributed by atoms with Crippen molar-refractivity contribution in [3.8, 4) is 0 Å². The lowest BCUT2D eigenvalue weighted by Crippen LogP contribution is -2.74. The Hall–Kier alpha value is -6.17. The van der Waals surface area contributed by atoms with Gasteiger partial charge in [0.15, 0.2) is 0 Å². The van der Waals surface area contributed by atoms with E-state index in [0.717, 1.165) is 9.80 Å². The van der Waals surface area contributed by atoms with Gasteiger partial charge in [0, 0.05) is 55.4 Å². The Morgan fingerprint density at radius 1 is 0.539 bits per heavy atom. The highest BCUT2D eigenvalue weighted by Gasteiger charge is 2.56. The second-order valence-electron chi connectivity index (χ2n) is 27.3. The molecule has 0 spiro atoms.